The minimum atomic E-state index is -0.135. The Hall–Kier alpha value is -3.08. The molecule has 5 nitrogen and oxygen atoms in total. The highest BCUT2D eigenvalue weighted by molar-refractivity contribution is 5.94. The van der Waals surface area contributed by atoms with Crippen molar-refractivity contribution in [3.05, 3.63) is 66.4 Å². The molecule has 1 N–H and O–H groups in total. The number of hydrogen-bond donors (Lipinski definition) is 1. The first-order chi connectivity index (χ1) is 12.6. The van der Waals surface area contributed by atoms with E-state index in [-0.39, 0.29) is 5.91 Å². The topological polar surface area (TPSA) is 56.2 Å². The van der Waals surface area contributed by atoms with Crippen molar-refractivity contribution in [2.45, 2.75) is 13.8 Å². The highest BCUT2D eigenvalue weighted by Gasteiger charge is 2.17. The molecule has 0 unspecified atom stereocenters. The zero-order valence-corrected chi connectivity index (χ0v) is 15.3. The van der Waals surface area contributed by atoms with Crippen molar-refractivity contribution in [2.75, 3.05) is 13.7 Å². The number of methoxy groups -OCH3 is 1. The number of carbonyl (C=O) groups excluding carboxylic acids is 1. The second kappa shape index (κ2) is 7.87. The van der Waals surface area contributed by atoms with Gasteiger partial charge in [-0.25, -0.2) is 4.68 Å². The van der Waals surface area contributed by atoms with E-state index in [0.717, 1.165) is 22.7 Å². The predicted molar refractivity (Wildman–Crippen MR) is 103 cm³/mol. The van der Waals surface area contributed by atoms with Crippen LogP contribution in [0.15, 0.2) is 60.7 Å². The fourth-order valence-corrected chi connectivity index (χ4v) is 2.60. The smallest absolute Gasteiger partial charge is 0.270 e. The highest BCUT2D eigenvalue weighted by Crippen LogP contribution is 2.23. The number of amides is 1. The Bertz CT molecular complexity index is 868. The number of carbonyl (C=O) groups is 1. The fraction of sp³-hybridized carbons (Fsp3) is 0.238. The van der Waals surface area contributed by atoms with Crippen LogP contribution in [0.1, 0.15) is 24.3 Å². The Morgan fingerprint density at radius 1 is 1.12 bits per heavy atom. The molecule has 0 bridgehead atoms. The molecule has 0 saturated heterocycles. The molecular formula is C21H23N3O2. The average Bonchev–Trinajstić information content (AvgIpc) is 3.12. The zero-order chi connectivity index (χ0) is 18.5. The van der Waals surface area contributed by atoms with Crippen molar-refractivity contribution in [1.29, 1.82) is 0 Å². The van der Waals surface area contributed by atoms with Gasteiger partial charge in [0.1, 0.15) is 11.4 Å². The van der Waals surface area contributed by atoms with Gasteiger partial charge in [-0.15, -0.1) is 0 Å². The third-order valence-corrected chi connectivity index (χ3v) is 4.00. The molecule has 5 heteroatoms. The van der Waals surface area contributed by atoms with E-state index in [1.54, 1.807) is 11.8 Å². The van der Waals surface area contributed by atoms with Crippen LogP contribution in [0, 0.1) is 5.92 Å². The van der Waals surface area contributed by atoms with Crippen LogP contribution in [0.25, 0.3) is 16.9 Å². The van der Waals surface area contributed by atoms with Gasteiger partial charge in [-0.1, -0.05) is 44.2 Å². The van der Waals surface area contributed by atoms with E-state index < -0.39 is 0 Å². The van der Waals surface area contributed by atoms with E-state index in [2.05, 4.69) is 24.3 Å². The van der Waals surface area contributed by atoms with Crippen LogP contribution in [0.5, 0.6) is 5.75 Å². The van der Waals surface area contributed by atoms with Crippen LogP contribution in [-0.4, -0.2) is 29.3 Å². The molecule has 0 saturated carbocycles. The first-order valence-electron chi connectivity index (χ1n) is 8.66. The molecule has 3 rings (SSSR count). The Balaban J connectivity index is 2.02. The molecule has 0 spiro atoms. The summed E-state index contributed by atoms with van der Waals surface area (Å²) < 4.78 is 6.89. The lowest BCUT2D eigenvalue weighted by molar-refractivity contribution is 0.0941. The molecule has 1 amide bonds. The second-order valence-corrected chi connectivity index (χ2v) is 6.49. The molecule has 1 heterocycles. The molecule has 1 aromatic heterocycles. The summed E-state index contributed by atoms with van der Waals surface area (Å²) in [6.45, 7) is 4.75. The number of benzene rings is 2. The number of nitrogens with zero attached hydrogens (tertiary/aromatic N) is 2. The van der Waals surface area contributed by atoms with E-state index >= 15 is 0 Å². The Morgan fingerprint density at radius 2 is 1.81 bits per heavy atom. The quantitative estimate of drug-likeness (QED) is 0.733. The first-order valence-corrected chi connectivity index (χ1v) is 8.66. The van der Waals surface area contributed by atoms with Gasteiger partial charge < -0.3 is 10.1 Å². The summed E-state index contributed by atoms with van der Waals surface area (Å²) >= 11 is 0. The molecule has 0 radical (unpaired) electrons. The van der Waals surface area contributed by atoms with E-state index in [9.17, 15) is 4.79 Å². The molecule has 134 valence electrons. The first kappa shape index (κ1) is 17.7. The number of nitrogens with one attached hydrogen (secondary N) is 1. The van der Waals surface area contributed by atoms with Crippen molar-refractivity contribution in [3.8, 4) is 22.7 Å². The average molecular weight is 349 g/mol. The Kier molecular flexibility index (Phi) is 5.37. The van der Waals surface area contributed by atoms with E-state index in [1.165, 1.54) is 0 Å². The van der Waals surface area contributed by atoms with Crippen molar-refractivity contribution in [2.24, 2.45) is 5.92 Å². The van der Waals surface area contributed by atoms with Crippen molar-refractivity contribution in [1.82, 2.24) is 15.1 Å². The number of ether oxygens (including phenoxy) is 1. The molecule has 0 aliphatic carbocycles. The maximum atomic E-state index is 12.7. The maximum Gasteiger partial charge on any atom is 0.270 e. The monoisotopic (exact) mass is 349 g/mol. The van der Waals surface area contributed by atoms with E-state index in [1.807, 2.05) is 60.7 Å². The summed E-state index contributed by atoms with van der Waals surface area (Å²) in [7, 11) is 1.63. The second-order valence-electron chi connectivity index (χ2n) is 6.49. The van der Waals surface area contributed by atoms with Crippen LogP contribution in [0.2, 0.25) is 0 Å². The highest BCUT2D eigenvalue weighted by atomic mass is 16.5. The zero-order valence-electron chi connectivity index (χ0n) is 15.3. The van der Waals surface area contributed by atoms with Crippen LogP contribution in [-0.2, 0) is 0 Å². The van der Waals surface area contributed by atoms with E-state index in [0.29, 0.717) is 18.2 Å². The summed E-state index contributed by atoms with van der Waals surface area (Å²) in [4.78, 5) is 12.7. The lowest BCUT2D eigenvalue weighted by atomic mass is 10.1. The molecule has 0 fully saturated rings. The van der Waals surface area contributed by atoms with Gasteiger partial charge >= 0.3 is 0 Å². The molecule has 26 heavy (non-hydrogen) atoms. The minimum absolute atomic E-state index is 0.135. The third kappa shape index (κ3) is 3.94. The van der Waals surface area contributed by atoms with Crippen LogP contribution in [0.3, 0.4) is 0 Å². The van der Waals surface area contributed by atoms with Crippen LogP contribution in [0.4, 0.5) is 0 Å². The summed E-state index contributed by atoms with van der Waals surface area (Å²) in [6.07, 6.45) is 0. The van der Waals surface area contributed by atoms with Gasteiger partial charge in [0.2, 0.25) is 0 Å². The van der Waals surface area contributed by atoms with Crippen molar-refractivity contribution >= 4 is 5.91 Å². The summed E-state index contributed by atoms with van der Waals surface area (Å²) in [5.41, 5.74) is 3.05. The number of hydrogen-bond acceptors (Lipinski definition) is 3. The standard InChI is InChI=1S/C21H23N3O2/c1-15(2)14-22-21(25)20-13-19(16-7-5-4-6-8-16)23-24(20)17-9-11-18(26-3)12-10-17/h4-13,15H,14H2,1-3H3,(H,22,25). The third-order valence-electron chi connectivity index (χ3n) is 4.00. The summed E-state index contributed by atoms with van der Waals surface area (Å²) in [5, 5.41) is 7.64. The molecule has 0 aliphatic heterocycles. The van der Waals surface area contributed by atoms with Crippen molar-refractivity contribution < 1.29 is 9.53 Å². The van der Waals surface area contributed by atoms with Gasteiger partial charge in [0.15, 0.2) is 0 Å². The normalized spacial score (nSPS) is 10.8. The van der Waals surface area contributed by atoms with Gasteiger partial charge in [0.05, 0.1) is 18.5 Å². The fourth-order valence-electron chi connectivity index (χ4n) is 2.60. The van der Waals surface area contributed by atoms with Gasteiger partial charge in [-0.2, -0.15) is 5.10 Å². The van der Waals surface area contributed by atoms with Gasteiger partial charge in [-0.3, -0.25) is 4.79 Å². The summed E-state index contributed by atoms with van der Waals surface area (Å²) in [6, 6.07) is 19.2. The maximum absolute atomic E-state index is 12.7. The molecule has 3 aromatic rings. The number of rotatable bonds is 6. The van der Waals surface area contributed by atoms with Gasteiger partial charge in [0, 0.05) is 12.1 Å². The Labute approximate surface area is 153 Å². The van der Waals surface area contributed by atoms with Gasteiger partial charge in [-0.05, 0) is 36.2 Å². The van der Waals surface area contributed by atoms with Crippen LogP contribution < -0.4 is 10.1 Å². The minimum Gasteiger partial charge on any atom is -0.497 e. The predicted octanol–water partition coefficient (Wildman–Crippen LogP) is 3.93. The number of aromatic nitrogens is 2. The van der Waals surface area contributed by atoms with Crippen LogP contribution >= 0.6 is 0 Å². The van der Waals surface area contributed by atoms with E-state index in [4.69, 9.17) is 4.74 Å². The molecule has 2 aromatic carbocycles. The lowest BCUT2D eigenvalue weighted by Gasteiger charge is -2.10. The molecule has 0 atom stereocenters. The van der Waals surface area contributed by atoms with Gasteiger partial charge in [0.25, 0.3) is 5.91 Å². The lowest BCUT2D eigenvalue weighted by Crippen LogP contribution is -2.29. The molecular weight excluding hydrogens is 326 g/mol. The summed E-state index contributed by atoms with van der Waals surface area (Å²) in [5.74, 6) is 1.00. The largest absolute Gasteiger partial charge is 0.497 e. The Morgan fingerprint density at radius 3 is 2.42 bits per heavy atom. The molecule has 0 aliphatic rings. The SMILES string of the molecule is COc1ccc(-n2nc(-c3ccccc3)cc2C(=O)NCC(C)C)cc1. The van der Waals surface area contributed by atoms with Crippen molar-refractivity contribution in [3.63, 3.8) is 0 Å².